The van der Waals surface area contributed by atoms with Gasteiger partial charge in [-0.25, -0.2) is 0 Å². The van der Waals surface area contributed by atoms with Crippen molar-refractivity contribution in [3.8, 4) is 5.75 Å². The third-order valence-electron chi connectivity index (χ3n) is 1.50. The van der Waals surface area contributed by atoms with E-state index in [9.17, 15) is 5.11 Å². The van der Waals surface area contributed by atoms with Crippen LogP contribution in [0.3, 0.4) is 0 Å². The first kappa shape index (κ1) is 7.86. The zero-order valence-corrected chi connectivity index (χ0v) is 6.67. The van der Waals surface area contributed by atoms with Crippen LogP contribution in [0.4, 0.5) is 0 Å². The minimum atomic E-state index is 0.335. The van der Waals surface area contributed by atoms with Gasteiger partial charge in [0.2, 0.25) is 0 Å². The number of aryl methyl sites for hydroxylation is 1. The second-order valence-electron chi connectivity index (χ2n) is 2.67. The lowest BCUT2D eigenvalue weighted by atomic mass is 10.1. The molecule has 0 atom stereocenters. The molecule has 1 aromatic rings. The largest absolute Gasteiger partial charge is 0.508 e. The van der Waals surface area contributed by atoms with Gasteiger partial charge in [0, 0.05) is 0 Å². The van der Waals surface area contributed by atoms with Crippen LogP contribution in [0.1, 0.15) is 11.1 Å². The maximum absolute atomic E-state index is 9.19. The molecule has 0 fully saturated rings. The van der Waals surface area contributed by atoms with E-state index >= 15 is 0 Å². The molecule has 0 unspecified atom stereocenters. The Kier molecular flexibility index (Phi) is 2.32. The van der Waals surface area contributed by atoms with Crippen LogP contribution in [0.25, 0.3) is 0 Å². The predicted molar refractivity (Wildman–Crippen MR) is 46.7 cm³/mol. The third kappa shape index (κ3) is 2.11. The Labute approximate surface area is 67.0 Å². The van der Waals surface area contributed by atoms with Crippen LogP contribution in [0, 0.1) is 6.92 Å². The summed E-state index contributed by atoms with van der Waals surface area (Å²) in [6, 6.07) is 5.54. The Morgan fingerprint density at radius 2 is 2.18 bits per heavy atom. The average molecular weight is 148 g/mol. The molecule has 0 saturated heterocycles. The number of allylic oxidation sites excluding steroid dienone is 1. The molecule has 58 valence electrons. The van der Waals surface area contributed by atoms with Crippen molar-refractivity contribution in [2.24, 2.45) is 0 Å². The lowest BCUT2D eigenvalue weighted by Gasteiger charge is -1.99. The van der Waals surface area contributed by atoms with Crippen LogP contribution in [0.5, 0.6) is 5.75 Å². The molecule has 0 heterocycles. The molecule has 11 heavy (non-hydrogen) atoms. The topological polar surface area (TPSA) is 20.2 Å². The van der Waals surface area contributed by atoms with Gasteiger partial charge in [-0.05, 0) is 36.6 Å². The maximum Gasteiger partial charge on any atom is 0.116 e. The summed E-state index contributed by atoms with van der Waals surface area (Å²) in [5.41, 5.74) is 2.19. The molecule has 0 bridgehead atoms. The summed E-state index contributed by atoms with van der Waals surface area (Å²) >= 11 is 0. The zero-order chi connectivity index (χ0) is 8.27. The molecule has 0 aliphatic rings. The Hall–Kier alpha value is -1.24. The minimum Gasteiger partial charge on any atom is -0.508 e. The summed E-state index contributed by atoms with van der Waals surface area (Å²) in [5, 5.41) is 9.19. The number of hydrogen-bond donors (Lipinski definition) is 1. The number of rotatable bonds is 2. The number of hydrogen-bond acceptors (Lipinski definition) is 1. The molecule has 0 aliphatic carbocycles. The van der Waals surface area contributed by atoms with E-state index in [4.69, 9.17) is 0 Å². The summed E-state index contributed by atoms with van der Waals surface area (Å²) in [5.74, 6) is 0.335. The van der Waals surface area contributed by atoms with Crippen LogP contribution in [-0.4, -0.2) is 5.11 Å². The monoisotopic (exact) mass is 148 g/mol. The molecule has 0 amide bonds. The first-order valence-corrected chi connectivity index (χ1v) is 3.63. The summed E-state index contributed by atoms with van der Waals surface area (Å²) < 4.78 is 0. The van der Waals surface area contributed by atoms with Crippen molar-refractivity contribution < 1.29 is 5.11 Å². The van der Waals surface area contributed by atoms with Crippen molar-refractivity contribution in [2.75, 3.05) is 0 Å². The molecule has 0 saturated carbocycles. The molecular formula is C10H12O. The predicted octanol–water partition coefficient (Wildman–Crippen LogP) is 2.43. The number of phenols is 1. The van der Waals surface area contributed by atoms with E-state index < -0.39 is 0 Å². The molecule has 1 heteroatoms. The second kappa shape index (κ2) is 3.24. The Balaban J connectivity index is 2.98. The van der Waals surface area contributed by atoms with E-state index in [1.54, 1.807) is 12.1 Å². The van der Waals surface area contributed by atoms with Gasteiger partial charge in [-0.3, -0.25) is 0 Å². The lowest BCUT2D eigenvalue weighted by molar-refractivity contribution is 0.474. The van der Waals surface area contributed by atoms with E-state index in [1.165, 1.54) is 0 Å². The molecule has 0 spiro atoms. The van der Waals surface area contributed by atoms with Gasteiger partial charge in [0.15, 0.2) is 0 Å². The number of aromatic hydroxyl groups is 1. The fourth-order valence-corrected chi connectivity index (χ4v) is 1.13. The van der Waals surface area contributed by atoms with Crippen LogP contribution < -0.4 is 0 Å². The fraction of sp³-hybridized carbons (Fsp3) is 0.200. The van der Waals surface area contributed by atoms with Crippen molar-refractivity contribution in [1.29, 1.82) is 0 Å². The minimum absolute atomic E-state index is 0.335. The van der Waals surface area contributed by atoms with Gasteiger partial charge in [0.25, 0.3) is 0 Å². The Bertz CT molecular complexity index is 243. The van der Waals surface area contributed by atoms with Crippen LogP contribution in [0.15, 0.2) is 30.9 Å². The van der Waals surface area contributed by atoms with E-state index in [0.717, 1.165) is 17.5 Å². The van der Waals surface area contributed by atoms with Gasteiger partial charge < -0.3 is 5.11 Å². The van der Waals surface area contributed by atoms with Gasteiger partial charge in [-0.1, -0.05) is 12.1 Å². The highest BCUT2D eigenvalue weighted by Gasteiger charge is 1.94. The number of benzene rings is 1. The second-order valence-corrected chi connectivity index (χ2v) is 2.67. The van der Waals surface area contributed by atoms with E-state index in [1.807, 2.05) is 19.1 Å². The van der Waals surface area contributed by atoms with E-state index in [0.29, 0.717) is 5.75 Å². The zero-order valence-electron chi connectivity index (χ0n) is 6.67. The van der Waals surface area contributed by atoms with Gasteiger partial charge in [0.1, 0.15) is 5.75 Å². The highest BCUT2D eigenvalue weighted by molar-refractivity contribution is 5.33. The van der Waals surface area contributed by atoms with Crippen LogP contribution in [-0.2, 0) is 6.42 Å². The van der Waals surface area contributed by atoms with Crippen LogP contribution in [0.2, 0.25) is 0 Å². The summed E-state index contributed by atoms with van der Waals surface area (Å²) in [6.45, 7) is 5.60. The standard InChI is InChI=1S/C10H12O/c1-3-4-9-5-8(2)6-10(11)7-9/h3,5-7,11H,1,4H2,2H3. The normalized spacial score (nSPS) is 9.55. The molecule has 0 aromatic heterocycles. The van der Waals surface area contributed by atoms with Gasteiger partial charge >= 0.3 is 0 Å². The average Bonchev–Trinajstić information content (AvgIpc) is 1.85. The fourth-order valence-electron chi connectivity index (χ4n) is 1.13. The highest BCUT2D eigenvalue weighted by atomic mass is 16.3. The van der Waals surface area contributed by atoms with Crippen molar-refractivity contribution in [3.05, 3.63) is 42.0 Å². The maximum atomic E-state index is 9.19. The van der Waals surface area contributed by atoms with E-state index in [2.05, 4.69) is 6.58 Å². The highest BCUT2D eigenvalue weighted by Crippen LogP contribution is 2.15. The van der Waals surface area contributed by atoms with Crippen molar-refractivity contribution >= 4 is 0 Å². The Morgan fingerprint density at radius 1 is 1.45 bits per heavy atom. The summed E-state index contributed by atoms with van der Waals surface area (Å²) in [7, 11) is 0. The van der Waals surface area contributed by atoms with Gasteiger partial charge in [-0.2, -0.15) is 0 Å². The molecule has 0 aliphatic heterocycles. The smallest absolute Gasteiger partial charge is 0.116 e. The lowest BCUT2D eigenvalue weighted by Crippen LogP contribution is -1.81. The summed E-state index contributed by atoms with van der Waals surface area (Å²) in [6.07, 6.45) is 2.64. The quantitative estimate of drug-likeness (QED) is 0.638. The van der Waals surface area contributed by atoms with Gasteiger partial charge in [-0.15, -0.1) is 6.58 Å². The first-order chi connectivity index (χ1) is 5.22. The van der Waals surface area contributed by atoms with E-state index in [-0.39, 0.29) is 0 Å². The van der Waals surface area contributed by atoms with Gasteiger partial charge in [0.05, 0.1) is 0 Å². The molecule has 1 N–H and O–H groups in total. The molecule has 1 rings (SSSR count). The molecule has 0 radical (unpaired) electrons. The molecule has 1 nitrogen and oxygen atoms in total. The number of phenolic OH excluding ortho intramolecular Hbond substituents is 1. The third-order valence-corrected chi connectivity index (χ3v) is 1.50. The van der Waals surface area contributed by atoms with Crippen molar-refractivity contribution in [1.82, 2.24) is 0 Å². The van der Waals surface area contributed by atoms with Crippen molar-refractivity contribution in [2.45, 2.75) is 13.3 Å². The Morgan fingerprint density at radius 3 is 2.73 bits per heavy atom. The molecular weight excluding hydrogens is 136 g/mol. The summed E-state index contributed by atoms with van der Waals surface area (Å²) in [4.78, 5) is 0. The van der Waals surface area contributed by atoms with Crippen LogP contribution >= 0.6 is 0 Å². The molecule has 1 aromatic carbocycles. The first-order valence-electron chi connectivity index (χ1n) is 3.63. The van der Waals surface area contributed by atoms with Crippen molar-refractivity contribution in [3.63, 3.8) is 0 Å². The SMILES string of the molecule is C=CCc1cc(C)cc(O)c1.